The zero-order valence-corrected chi connectivity index (χ0v) is 9.56. The van der Waals surface area contributed by atoms with E-state index in [1.54, 1.807) is 0 Å². The molecule has 4 heteroatoms. The first-order chi connectivity index (χ1) is 7.20. The first-order valence-corrected chi connectivity index (χ1v) is 5.68. The Kier molecular flexibility index (Phi) is 3.07. The normalized spacial score (nSPS) is 27.4. The summed E-state index contributed by atoms with van der Waals surface area (Å²) in [6, 6.07) is 0.329. The highest BCUT2D eigenvalue weighted by Gasteiger charge is 2.26. The molecular weight excluding hydrogens is 188 g/mol. The van der Waals surface area contributed by atoms with Gasteiger partial charge < -0.3 is 10.3 Å². The average molecular weight is 208 g/mol. The maximum absolute atomic E-state index is 6.00. The summed E-state index contributed by atoms with van der Waals surface area (Å²) < 4.78 is 2.19. The molecule has 2 atom stereocenters. The van der Waals surface area contributed by atoms with Crippen molar-refractivity contribution in [3.63, 3.8) is 0 Å². The van der Waals surface area contributed by atoms with E-state index >= 15 is 0 Å². The number of likely N-dealkylation sites (tertiary alicyclic amines) is 1. The molecular formula is C11H20N4. The number of hydrogen-bond acceptors (Lipinski definition) is 3. The molecule has 0 bridgehead atoms. The van der Waals surface area contributed by atoms with E-state index < -0.39 is 0 Å². The lowest BCUT2D eigenvalue weighted by Gasteiger charge is -2.15. The molecule has 1 aromatic rings. The maximum Gasteiger partial charge on any atom is 0.122 e. The number of hydrogen-bond donors (Lipinski definition) is 1. The Hall–Kier alpha value is -0.870. The zero-order chi connectivity index (χ0) is 10.8. The molecule has 2 N–H and O–H groups in total. The molecule has 1 fully saturated rings. The van der Waals surface area contributed by atoms with Crippen LogP contribution in [0, 0.1) is 5.92 Å². The number of rotatable bonds is 3. The van der Waals surface area contributed by atoms with Crippen LogP contribution in [0.2, 0.25) is 0 Å². The monoisotopic (exact) mass is 208 g/mol. The summed E-state index contributed by atoms with van der Waals surface area (Å²) >= 11 is 0. The third-order valence-corrected chi connectivity index (χ3v) is 3.25. The summed E-state index contributed by atoms with van der Waals surface area (Å²) in [5.41, 5.74) is 6.00. The molecule has 0 spiro atoms. The van der Waals surface area contributed by atoms with E-state index in [9.17, 15) is 0 Å². The summed E-state index contributed by atoms with van der Waals surface area (Å²) in [4.78, 5) is 6.77. The van der Waals surface area contributed by atoms with Crippen molar-refractivity contribution in [3.8, 4) is 0 Å². The maximum atomic E-state index is 6.00. The lowest BCUT2D eigenvalue weighted by Crippen LogP contribution is -2.28. The van der Waals surface area contributed by atoms with Gasteiger partial charge in [0.15, 0.2) is 0 Å². The summed E-state index contributed by atoms with van der Waals surface area (Å²) in [7, 11) is 0. The van der Waals surface area contributed by atoms with Gasteiger partial charge in [-0.15, -0.1) is 0 Å². The van der Waals surface area contributed by atoms with Gasteiger partial charge in [0.25, 0.3) is 0 Å². The number of nitrogens with zero attached hydrogens (tertiary/aromatic N) is 3. The van der Waals surface area contributed by atoms with Gasteiger partial charge in [-0.2, -0.15) is 0 Å². The SMILES string of the molecule is CCn1ccnc1CN1CC(C)C(N)C1. The number of aryl methyl sites for hydroxylation is 1. The van der Waals surface area contributed by atoms with Gasteiger partial charge in [-0.05, 0) is 12.8 Å². The van der Waals surface area contributed by atoms with Crippen molar-refractivity contribution in [2.75, 3.05) is 13.1 Å². The van der Waals surface area contributed by atoms with Crippen molar-refractivity contribution >= 4 is 0 Å². The van der Waals surface area contributed by atoms with Crippen LogP contribution < -0.4 is 5.73 Å². The second-order valence-corrected chi connectivity index (χ2v) is 4.46. The van der Waals surface area contributed by atoms with Crippen LogP contribution >= 0.6 is 0 Å². The molecule has 0 amide bonds. The highest BCUT2D eigenvalue weighted by Crippen LogP contribution is 2.16. The van der Waals surface area contributed by atoms with Crippen LogP contribution in [0.1, 0.15) is 19.7 Å². The summed E-state index contributed by atoms with van der Waals surface area (Å²) in [6.45, 7) is 8.37. The van der Waals surface area contributed by atoms with Crippen molar-refractivity contribution in [3.05, 3.63) is 18.2 Å². The highest BCUT2D eigenvalue weighted by atomic mass is 15.2. The first kappa shape index (κ1) is 10.6. The van der Waals surface area contributed by atoms with Crippen LogP contribution in [0.25, 0.3) is 0 Å². The molecule has 1 aliphatic heterocycles. The quantitative estimate of drug-likeness (QED) is 0.794. The van der Waals surface area contributed by atoms with Crippen molar-refractivity contribution in [2.24, 2.45) is 11.7 Å². The van der Waals surface area contributed by atoms with Gasteiger partial charge >= 0.3 is 0 Å². The number of imidazole rings is 1. The van der Waals surface area contributed by atoms with Gasteiger partial charge in [0, 0.05) is 38.1 Å². The molecule has 0 saturated carbocycles. The molecule has 2 unspecified atom stereocenters. The zero-order valence-electron chi connectivity index (χ0n) is 9.56. The summed E-state index contributed by atoms with van der Waals surface area (Å²) in [5.74, 6) is 1.76. The standard InChI is InChI=1S/C11H20N4/c1-3-15-5-4-13-11(15)8-14-6-9(2)10(12)7-14/h4-5,9-10H,3,6-8,12H2,1-2H3. The lowest BCUT2D eigenvalue weighted by atomic mass is 10.1. The molecule has 84 valence electrons. The molecule has 1 saturated heterocycles. The molecule has 4 nitrogen and oxygen atoms in total. The van der Waals surface area contributed by atoms with E-state index in [-0.39, 0.29) is 0 Å². The Bertz CT molecular complexity index is 310. The Morgan fingerprint density at radius 1 is 1.53 bits per heavy atom. The minimum absolute atomic E-state index is 0.329. The van der Waals surface area contributed by atoms with Crippen LogP contribution in [0.3, 0.4) is 0 Å². The summed E-state index contributed by atoms with van der Waals surface area (Å²) in [6.07, 6.45) is 3.91. The van der Waals surface area contributed by atoms with Crippen LogP contribution in [0.15, 0.2) is 12.4 Å². The fraction of sp³-hybridized carbons (Fsp3) is 0.727. The number of aromatic nitrogens is 2. The highest BCUT2D eigenvalue weighted by molar-refractivity contribution is 4.94. The van der Waals surface area contributed by atoms with Crippen LogP contribution in [-0.4, -0.2) is 33.6 Å². The lowest BCUT2D eigenvalue weighted by molar-refractivity contribution is 0.305. The fourth-order valence-electron chi connectivity index (χ4n) is 2.20. The third kappa shape index (κ3) is 2.21. The predicted octanol–water partition coefficient (Wildman–Crippen LogP) is 0.682. The van der Waals surface area contributed by atoms with E-state index in [1.165, 1.54) is 0 Å². The summed E-state index contributed by atoms with van der Waals surface area (Å²) in [5, 5.41) is 0. The van der Waals surface area contributed by atoms with Crippen LogP contribution in [0.5, 0.6) is 0 Å². The van der Waals surface area contributed by atoms with Gasteiger partial charge in [0.2, 0.25) is 0 Å². The molecule has 1 aliphatic rings. The first-order valence-electron chi connectivity index (χ1n) is 5.68. The largest absolute Gasteiger partial charge is 0.334 e. The topological polar surface area (TPSA) is 47.1 Å². The Morgan fingerprint density at radius 2 is 2.33 bits per heavy atom. The Labute approximate surface area is 91.1 Å². The average Bonchev–Trinajstić information content (AvgIpc) is 2.75. The predicted molar refractivity (Wildman–Crippen MR) is 60.3 cm³/mol. The van der Waals surface area contributed by atoms with Crippen molar-refractivity contribution in [2.45, 2.75) is 33.0 Å². The minimum Gasteiger partial charge on any atom is -0.334 e. The Balaban J connectivity index is 1.98. The minimum atomic E-state index is 0.329. The molecule has 2 heterocycles. The van der Waals surface area contributed by atoms with Gasteiger partial charge in [0.1, 0.15) is 5.82 Å². The third-order valence-electron chi connectivity index (χ3n) is 3.25. The van der Waals surface area contributed by atoms with Crippen molar-refractivity contribution < 1.29 is 0 Å². The molecule has 0 aliphatic carbocycles. The number of nitrogens with two attached hydrogens (primary N) is 1. The van der Waals surface area contributed by atoms with E-state index in [0.717, 1.165) is 32.0 Å². The van der Waals surface area contributed by atoms with E-state index in [4.69, 9.17) is 5.73 Å². The smallest absolute Gasteiger partial charge is 0.122 e. The molecule has 1 aromatic heterocycles. The fourth-order valence-corrected chi connectivity index (χ4v) is 2.20. The molecule has 15 heavy (non-hydrogen) atoms. The van der Waals surface area contributed by atoms with E-state index in [1.807, 2.05) is 12.4 Å². The van der Waals surface area contributed by atoms with E-state index in [0.29, 0.717) is 12.0 Å². The van der Waals surface area contributed by atoms with E-state index in [2.05, 4.69) is 28.3 Å². The molecule has 0 aromatic carbocycles. The second-order valence-electron chi connectivity index (χ2n) is 4.46. The molecule has 2 rings (SSSR count). The van der Waals surface area contributed by atoms with Gasteiger partial charge in [0.05, 0.1) is 6.54 Å². The van der Waals surface area contributed by atoms with Crippen molar-refractivity contribution in [1.29, 1.82) is 0 Å². The molecule has 0 radical (unpaired) electrons. The van der Waals surface area contributed by atoms with Gasteiger partial charge in [-0.25, -0.2) is 4.98 Å². The van der Waals surface area contributed by atoms with Crippen LogP contribution in [-0.2, 0) is 13.1 Å². The van der Waals surface area contributed by atoms with Crippen molar-refractivity contribution in [1.82, 2.24) is 14.5 Å². The van der Waals surface area contributed by atoms with Crippen LogP contribution in [0.4, 0.5) is 0 Å². The second kappa shape index (κ2) is 4.33. The Morgan fingerprint density at radius 3 is 2.93 bits per heavy atom. The van der Waals surface area contributed by atoms with Gasteiger partial charge in [-0.1, -0.05) is 6.92 Å². The van der Waals surface area contributed by atoms with Gasteiger partial charge in [-0.3, -0.25) is 4.90 Å².